The number of nitrogens with two attached hydrogens (primary N) is 1. The standard InChI is InChI=1S/C21H27N3O2S/c1-14(2)15-4-6-16(7-5-15)18(25)23-19-17(8-11-27-19)20(26)24-10-9-21(3,12-22)13-24/h4-8,11,14H,9-10,12-13,22H2,1-3H3,(H,23,25). The molecule has 27 heavy (non-hydrogen) atoms. The Bertz CT molecular complexity index is 828. The first-order valence-corrected chi connectivity index (χ1v) is 10.2. The van der Waals surface area contributed by atoms with Crippen LogP contribution in [0.25, 0.3) is 0 Å². The fourth-order valence-electron chi connectivity index (χ4n) is 3.30. The fourth-order valence-corrected chi connectivity index (χ4v) is 4.08. The highest BCUT2D eigenvalue weighted by atomic mass is 32.1. The molecule has 1 aliphatic rings. The van der Waals surface area contributed by atoms with Gasteiger partial charge in [-0.3, -0.25) is 9.59 Å². The lowest BCUT2D eigenvalue weighted by Crippen LogP contribution is -2.34. The SMILES string of the molecule is CC(C)c1ccc(C(=O)Nc2sccc2C(=O)N2CCC(C)(CN)C2)cc1. The van der Waals surface area contributed by atoms with Crippen molar-refractivity contribution in [1.82, 2.24) is 4.90 Å². The molecule has 2 aromatic rings. The normalized spacial score (nSPS) is 19.5. The van der Waals surface area contributed by atoms with E-state index in [0.717, 1.165) is 6.42 Å². The molecular weight excluding hydrogens is 358 g/mol. The van der Waals surface area contributed by atoms with Crippen molar-refractivity contribution in [2.24, 2.45) is 11.1 Å². The molecule has 1 atom stereocenters. The van der Waals surface area contributed by atoms with Crippen LogP contribution in [-0.4, -0.2) is 36.3 Å². The number of benzene rings is 1. The van der Waals surface area contributed by atoms with Crippen LogP contribution in [0.15, 0.2) is 35.7 Å². The third kappa shape index (κ3) is 4.22. The van der Waals surface area contributed by atoms with Gasteiger partial charge in [0.2, 0.25) is 0 Å². The number of carbonyl (C=O) groups is 2. The van der Waals surface area contributed by atoms with Gasteiger partial charge in [-0.2, -0.15) is 0 Å². The largest absolute Gasteiger partial charge is 0.338 e. The first-order chi connectivity index (χ1) is 12.8. The van der Waals surface area contributed by atoms with E-state index in [-0.39, 0.29) is 17.2 Å². The third-order valence-electron chi connectivity index (χ3n) is 5.30. The molecule has 3 N–H and O–H groups in total. The molecule has 1 fully saturated rings. The molecule has 0 bridgehead atoms. The Labute approximate surface area is 164 Å². The molecule has 1 aromatic carbocycles. The summed E-state index contributed by atoms with van der Waals surface area (Å²) in [7, 11) is 0. The minimum absolute atomic E-state index is 0.0206. The Morgan fingerprint density at radius 1 is 1.26 bits per heavy atom. The first kappa shape index (κ1) is 19.6. The summed E-state index contributed by atoms with van der Waals surface area (Å²) in [6, 6.07) is 9.37. The van der Waals surface area contributed by atoms with Crippen LogP contribution < -0.4 is 11.1 Å². The molecule has 0 spiro atoms. The number of nitrogens with zero attached hydrogens (tertiary/aromatic N) is 1. The molecule has 2 amide bonds. The van der Waals surface area contributed by atoms with Crippen molar-refractivity contribution in [3.05, 3.63) is 52.4 Å². The van der Waals surface area contributed by atoms with E-state index in [0.29, 0.717) is 41.7 Å². The second-order valence-electron chi connectivity index (χ2n) is 7.89. The zero-order valence-corrected chi connectivity index (χ0v) is 16.9. The third-order valence-corrected chi connectivity index (χ3v) is 6.13. The van der Waals surface area contributed by atoms with Crippen molar-refractivity contribution in [3.63, 3.8) is 0 Å². The van der Waals surface area contributed by atoms with Gasteiger partial charge in [-0.1, -0.05) is 32.9 Å². The lowest BCUT2D eigenvalue weighted by atomic mass is 9.90. The summed E-state index contributed by atoms with van der Waals surface area (Å²) in [4.78, 5) is 27.3. The Morgan fingerprint density at radius 2 is 1.96 bits per heavy atom. The highest BCUT2D eigenvalue weighted by molar-refractivity contribution is 7.14. The lowest BCUT2D eigenvalue weighted by molar-refractivity contribution is 0.0778. The summed E-state index contributed by atoms with van der Waals surface area (Å²) in [6.07, 6.45) is 0.906. The maximum absolute atomic E-state index is 12.9. The van der Waals surface area contributed by atoms with Crippen LogP contribution >= 0.6 is 11.3 Å². The zero-order chi connectivity index (χ0) is 19.6. The lowest BCUT2D eigenvalue weighted by Gasteiger charge is -2.22. The van der Waals surface area contributed by atoms with Crippen molar-refractivity contribution in [2.75, 3.05) is 25.0 Å². The van der Waals surface area contributed by atoms with Gasteiger partial charge in [0.1, 0.15) is 5.00 Å². The van der Waals surface area contributed by atoms with E-state index in [1.165, 1.54) is 16.9 Å². The Kier molecular flexibility index (Phi) is 5.67. The summed E-state index contributed by atoms with van der Waals surface area (Å²) in [5.41, 5.74) is 8.15. The number of likely N-dealkylation sites (tertiary alicyclic amines) is 1. The van der Waals surface area contributed by atoms with E-state index >= 15 is 0 Å². The number of amides is 2. The summed E-state index contributed by atoms with van der Waals surface area (Å²) in [5.74, 6) is 0.178. The van der Waals surface area contributed by atoms with E-state index in [9.17, 15) is 9.59 Å². The van der Waals surface area contributed by atoms with Gasteiger partial charge < -0.3 is 16.0 Å². The van der Waals surface area contributed by atoms with Crippen LogP contribution in [0, 0.1) is 5.41 Å². The second-order valence-corrected chi connectivity index (χ2v) is 8.80. The number of nitrogens with one attached hydrogen (secondary N) is 1. The number of hydrogen-bond acceptors (Lipinski definition) is 4. The molecule has 0 aliphatic carbocycles. The second kappa shape index (κ2) is 7.82. The molecule has 1 aliphatic heterocycles. The smallest absolute Gasteiger partial charge is 0.256 e. The first-order valence-electron chi connectivity index (χ1n) is 9.31. The summed E-state index contributed by atoms with van der Waals surface area (Å²) >= 11 is 1.37. The van der Waals surface area contributed by atoms with E-state index in [1.54, 1.807) is 6.07 Å². The van der Waals surface area contributed by atoms with Crippen LogP contribution in [0.1, 0.15) is 59.4 Å². The van der Waals surface area contributed by atoms with Gasteiger partial charge in [0.05, 0.1) is 5.56 Å². The van der Waals surface area contributed by atoms with Crippen LogP contribution in [0.4, 0.5) is 5.00 Å². The summed E-state index contributed by atoms with van der Waals surface area (Å²) in [5, 5.41) is 5.33. The van der Waals surface area contributed by atoms with Crippen molar-refractivity contribution < 1.29 is 9.59 Å². The summed E-state index contributed by atoms with van der Waals surface area (Å²) in [6.45, 7) is 8.27. The van der Waals surface area contributed by atoms with E-state index < -0.39 is 0 Å². The number of thiophene rings is 1. The van der Waals surface area contributed by atoms with Gasteiger partial charge in [0.15, 0.2) is 0 Å². The summed E-state index contributed by atoms with van der Waals surface area (Å²) < 4.78 is 0. The van der Waals surface area contributed by atoms with Crippen molar-refractivity contribution in [2.45, 2.75) is 33.1 Å². The average Bonchev–Trinajstić information content (AvgIpc) is 3.28. The number of anilines is 1. The fraction of sp³-hybridized carbons (Fsp3) is 0.429. The monoisotopic (exact) mass is 385 g/mol. The van der Waals surface area contributed by atoms with E-state index in [1.807, 2.05) is 34.5 Å². The molecule has 2 heterocycles. The van der Waals surface area contributed by atoms with Crippen LogP contribution in [-0.2, 0) is 0 Å². The Hall–Kier alpha value is -2.18. The number of rotatable bonds is 5. The highest BCUT2D eigenvalue weighted by Crippen LogP contribution is 2.32. The Balaban J connectivity index is 1.71. The molecule has 0 radical (unpaired) electrons. The maximum Gasteiger partial charge on any atom is 0.256 e. The van der Waals surface area contributed by atoms with Crippen LogP contribution in [0.3, 0.4) is 0 Å². The highest BCUT2D eigenvalue weighted by Gasteiger charge is 2.36. The quantitative estimate of drug-likeness (QED) is 0.819. The maximum atomic E-state index is 12.9. The van der Waals surface area contributed by atoms with Gasteiger partial charge in [0.25, 0.3) is 11.8 Å². The predicted octanol–water partition coefficient (Wildman–Crippen LogP) is 3.93. The van der Waals surface area contributed by atoms with Crippen molar-refractivity contribution in [1.29, 1.82) is 0 Å². The molecule has 5 nitrogen and oxygen atoms in total. The number of hydrogen-bond donors (Lipinski definition) is 2. The van der Waals surface area contributed by atoms with Crippen molar-refractivity contribution >= 4 is 28.2 Å². The van der Waals surface area contributed by atoms with Crippen LogP contribution in [0.2, 0.25) is 0 Å². The van der Waals surface area contributed by atoms with Gasteiger partial charge in [-0.15, -0.1) is 11.3 Å². The minimum atomic E-state index is -0.199. The number of carbonyl (C=O) groups excluding carboxylic acids is 2. The molecule has 144 valence electrons. The minimum Gasteiger partial charge on any atom is -0.338 e. The average molecular weight is 386 g/mol. The molecular formula is C21H27N3O2S. The predicted molar refractivity (Wildman–Crippen MR) is 110 cm³/mol. The Morgan fingerprint density at radius 3 is 2.56 bits per heavy atom. The van der Waals surface area contributed by atoms with Gasteiger partial charge >= 0.3 is 0 Å². The van der Waals surface area contributed by atoms with Gasteiger partial charge in [0, 0.05) is 18.7 Å². The van der Waals surface area contributed by atoms with Crippen molar-refractivity contribution in [3.8, 4) is 0 Å². The zero-order valence-electron chi connectivity index (χ0n) is 16.1. The van der Waals surface area contributed by atoms with E-state index in [2.05, 4.69) is 26.1 Å². The van der Waals surface area contributed by atoms with Crippen LogP contribution in [0.5, 0.6) is 0 Å². The van der Waals surface area contributed by atoms with Gasteiger partial charge in [-0.25, -0.2) is 0 Å². The molecule has 6 heteroatoms. The molecule has 3 rings (SSSR count). The molecule has 1 aromatic heterocycles. The van der Waals surface area contributed by atoms with E-state index in [4.69, 9.17) is 5.73 Å². The molecule has 1 unspecified atom stereocenters. The topological polar surface area (TPSA) is 75.4 Å². The van der Waals surface area contributed by atoms with Gasteiger partial charge in [-0.05, 0) is 53.4 Å². The molecule has 0 saturated carbocycles. The molecule has 1 saturated heterocycles.